The second kappa shape index (κ2) is 6.25. The van der Waals surface area contributed by atoms with Crippen LogP contribution in [0.1, 0.15) is 17.7 Å². The number of rotatable bonds is 6. The van der Waals surface area contributed by atoms with Crippen molar-refractivity contribution in [3.63, 3.8) is 0 Å². The second-order valence-electron chi connectivity index (χ2n) is 5.13. The number of nitrogens with zero attached hydrogens (tertiary/aromatic N) is 1. The maximum absolute atomic E-state index is 3.55. The Labute approximate surface area is 124 Å². The van der Waals surface area contributed by atoms with Crippen LogP contribution in [0.2, 0.25) is 0 Å². The Morgan fingerprint density at radius 3 is 2.80 bits per heavy atom. The molecule has 3 heteroatoms. The molecule has 0 bridgehead atoms. The van der Waals surface area contributed by atoms with Crippen LogP contribution in [0.3, 0.4) is 0 Å². The van der Waals surface area contributed by atoms with Crippen LogP contribution in [0.15, 0.2) is 47.8 Å². The summed E-state index contributed by atoms with van der Waals surface area (Å²) < 4.78 is 3.67. The predicted molar refractivity (Wildman–Crippen MR) is 87.3 cm³/mol. The molecule has 0 radical (unpaired) electrons. The van der Waals surface area contributed by atoms with Crippen LogP contribution >= 0.6 is 11.3 Å². The Morgan fingerprint density at radius 1 is 1.15 bits per heavy atom. The number of hydrogen-bond acceptors (Lipinski definition) is 2. The second-order valence-corrected chi connectivity index (χ2v) is 6.08. The SMILES string of the molecule is Cn1c(CNCCCc2ccccc2)cc2sccc21. The van der Waals surface area contributed by atoms with Gasteiger partial charge in [0.1, 0.15) is 0 Å². The molecule has 0 aliphatic rings. The molecule has 0 saturated heterocycles. The van der Waals surface area contributed by atoms with Crippen molar-refractivity contribution in [3.05, 3.63) is 59.1 Å². The van der Waals surface area contributed by atoms with Crippen molar-refractivity contribution < 1.29 is 0 Å². The minimum absolute atomic E-state index is 0.951. The van der Waals surface area contributed by atoms with E-state index in [0.29, 0.717) is 0 Å². The van der Waals surface area contributed by atoms with E-state index in [9.17, 15) is 0 Å². The standard InChI is InChI=1S/C17H20N2S/c1-19-15(12-17-16(19)9-11-20-17)13-18-10-5-8-14-6-3-2-4-7-14/h2-4,6-7,9,11-12,18H,5,8,10,13H2,1H3. The first-order chi connectivity index (χ1) is 9.84. The van der Waals surface area contributed by atoms with Gasteiger partial charge in [-0.1, -0.05) is 30.3 Å². The summed E-state index contributed by atoms with van der Waals surface area (Å²) in [5.41, 5.74) is 4.14. The Kier molecular flexibility index (Phi) is 4.19. The Bertz CT molecular complexity index is 667. The number of thiophene rings is 1. The quantitative estimate of drug-likeness (QED) is 0.678. The van der Waals surface area contributed by atoms with Gasteiger partial charge in [-0.25, -0.2) is 0 Å². The van der Waals surface area contributed by atoms with E-state index in [0.717, 1.165) is 19.5 Å². The highest BCUT2D eigenvalue weighted by Gasteiger charge is 2.05. The van der Waals surface area contributed by atoms with Gasteiger partial charge >= 0.3 is 0 Å². The molecule has 0 aliphatic heterocycles. The van der Waals surface area contributed by atoms with Crippen LogP contribution in [0.25, 0.3) is 10.2 Å². The zero-order valence-corrected chi connectivity index (χ0v) is 12.6. The van der Waals surface area contributed by atoms with E-state index in [1.54, 1.807) is 0 Å². The maximum Gasteiger partial charge on any atom is 0.0589 e. The average molecular weight is 284 g/mol. The van der Waals surface area contributed by atoms with E-state index in [1.807, 2.05) is 11.3 Å². The fourth-order valence-electron chi connectivity index (χ4n) is 2.55. The van der Waals surface area contributed by atoms with E-state index in [-0.39, 0.29) is 0 Å². The molecule has 0 unspecified atom stereocenters. The van der Waals surface area contributed by atoms with E-state index < -0.39 is 0 Å². The molecule has 104 valence electrons. The zero-order valence-electron chi connectivity index (χ0n) is 11.8. The molecule has 0 fully saturated rings. The maximum atomic E-state index is 3.55. The molecule has 20 heavy (non-hydrogen) atoms. The molecule has 3 rings (SSSR count). The summed E-state index contributed by atoms with van der Waals surface area (Å²) in [7, 11) is 2.15. The van der Waals surface area contributed by atoms with Crippen molar-refractivity contribution in [2.24, 2.45) is 7.05 Å². The van der Waals surface area contributed by atoms with Gasteiger partial charge in [-0.15, -0.1) is 11.3 Å². The molecular formula is C17H20N2S. The third-order valence-electron chi connectivity index (χ3n) is 3.73. The molecule has 1 aromatic carbocycles. The molecule has 2 aromatic heterocycles. The first kappa shape index (κ1) is 13.4. The summed E-state index contributed by atoms with van der Waals surface area (Å²) in [4.78, 5) is 0. The molecule has 0 saturated carbocycles. The number of hydrogen-bond donors (Lipinski definition) is 1. The molecule has 2 heterocycles. The van der Waals surface area contributed by atoms with Gasteiger partial charge in [0.15, 0.2) is 0 Å². The molecule has 0 spiro atoms. The summed E-state index contributed by atoms with van der Waals surface area (Å²) in [6, 6.07) is 15.2. The molecule has 0 amide bonds. The number of fused-ring (bicyclic) bond motifs is 1. The largest absolute Gasteiger partial charge is 0.346 e. The lowest BCUT2D eigenvalue weighted by molar-refractivity contribution is 0.628. The highest BCUT2D eigenvalue weighted by atomic mass is 32.1. The molecule has 1 N–H and O–H groups in total. The fourth-order valence-corrected chi connectivity index (χ4v) is 3.42. The third-order valence-corrected chi connectivity index (χ3v) is 4.58. The van der Waals surface area contributed by atoms with Crippen LogP contribution in [0.5, 0.6) is 0 Å². The normalized spacial score (nSPS) is 11.2. The van der Waals surface area contributed by atoms with Gasteiger partial charge in [0.05, 0.1) is 10.2 Å². The minimum atomic E-state index is 0.951. The fraction of sp³-hybridized carbons (Fsp3) is 0.294. The van der Waals surface area contributed by atoms with E-state index in [1.165, 1.54) is 27.9 Å². The number of benzene rings is 1. The van der Waals surface area contributed by atoms with E-state index in [2.05, 4.69) is 64.8 Å². The van der Waals surface area contributed by atoms with Gasteiger partial charge in [-0.3, -0.25) is 0 Å². The predicted octanol–water partition coefficient (Wildman–Crippen LogP) is 3.96. The summed E-state index contributed by atoms with van der Waals surface area (Å²) in [6.07, 6.45) is 2.33. The van der Waals surface area contributed by atoms with Gasteiger partial charge in [0.2, 0.25) is 0 Å². The number of aromatic nitrogens is 1. The first-order valence-electron chi connectivity index (χ1n) is 7.11. The van der Waals surface area contributed by atoms with E-state index in [4.69, 9.17) is 0 Å². The lowest BCUT2D eigenvalue weighted by Crippen LogP contribution is -2.17. The van der Waals surface area contributed by atoms with Crippen LogP contribution in [0, 0.1) is 0 Å². The van der Waals surface area contributed by atoms with Crippen molar-refractivity contribution >= 4 is 21.6 Å². The van der Waals surface area contributed by atoms with Crippen molar-refractivity contribution in [2.75, 3.05) is 6.54 Å². The summed E-state index contributed by atoms with van der Waals surface area (Å²) in [6.45, 7) is 2.01. The Hall–Kier alpha value is -1.58. The van der Waals surface area contributed by atoms with Gasteiger partial charge in [0, 0.05) is 19.3 Å². The van der Waals surface area contributed by atoms with E-state index >= 15 is 0 Å². The lowest BCUT2D eigenvalue weighted by atomic mass is 10.1. The Morgan fingerprint density at radius 2 is 2.00 bits per heavy atom. The third kappa shape index (κ3) is 2.94. The van der Waals surface area contributed by atoms with Gasteiger partial charge in [0.25, 0.3) is 0 Å². The van der Waals surface area contributed by atoms with Crippen LogP contribution in [-0.2, 0) is 20.0 Å². The van der Waals surface area contributed by atoms with Crippen LogP contribution < -0.4 is 5.32 Å². The summed E-state index contributed by atoms with van der Waals surface area (Å²) in [5.74, 6) is 0. The molecule has 3 aromatic rings. The summed E-state index contributed by atoms with van der Waals surface area (Å²) >= 11 is 1.81. The first-order valence-corrected chi connectivity index (χ1v) is 7.99. The lowest BCUT2D eigenvalue weighted by Gasteiger charge is -2.06. The Balaban J connectivity index is 1.46. The summed E-state index contributed by atoms with van der Waals surface area (Å²) in [5, 5.41) is 5.70. The van der Waals surface area contributed by atoms with Crippen LogP contribution in [-0.4, -0.2) is 11.1 Å². The monoisotopic (exact) mass is 284 g/mol. The van der Waals surface area contributed by atoms with Crippen molar-refractivity contribution in [1.29, 1.82) is 0 Å². The molecule has 0 atom stereocenters. The zero-order chi connectivity index (χ0) is 13.8. The number of aryl methyl sites for hydroxylation is 2. The smallest absolute Gasteiger partial charge is 0.0589 e. The number of nitrogens with one attached hydrogen (secondary N) is 1. The topological polar surface area (TPSA) is 17.0 Å². The van der Waals surface area contributed by atoms with Crippen LogP contribution in [0.4, 0.5) is 0 Å². The minimum Gasteiger partial charge on any atom is -0.346 e. The van der Waals surface area contributed by atoms with Crippen molar-refractivity contribution in [3.8, 4) is 0 Å². The van der Waals surface area contributed by atoms with Crippen molar-refractivity contribution in [1.82, 2.24) is 9.88 Å². The highest BCUT2D eigenvalue weighted by molar-refractivity contribution is 7.17. The highest BCUT2D eigenvalue weighted by Crippen LogP contribution is 2.23. The van der Waals surface area contributed by atoms with Gasteiger partial charge < -0.3 is 9.88 Å². The van der Waals surface area contributed by atoms with Gasteiger partial charge in [-0.05, 0) is 42.5 Å². The molecule has 0 aliphatic carbocycles. The average Bonchev–Trinajstić information content (AvgIpc) is 3.04. The van der Waals surface area contributed by atoms with Crippen molar-refractivity contribution in [2.45, 2.75) is 19.4 Å². The van der Waals surface area contributed by atoms with Gasteiger partial charge in [-0.2, -0.15) is 0 Å². The molecule has 2 nitrogen and oxygen atoms in total. The molecular weight excluding hydrogens is 264 g/mol.